The smallest absolute Gasteiger partial charge is 0.311 e. The lowest BCUT2D eigenvalue weighted by molar-refractivity contribution is -0.136. The maximum Gasteiger partial charge on any atom is 0.417 e. The molecule has 2 N–H and O–H groups in total. The molecule has 1 atom stereocenters. The van der Waals surface area contributed by atoms with Gasteiger partial charge >= 0.3 is 11.9 Å². The van der Waals surface area contributed by atoms with Gasteiger partial charge in [-0.15, -0.1) is 0 Å². The summed E-state index contributed by atoms with van der Waals surface area (Å²) in [6.45, 7) is 1.35. The van der Waals surface area contributed by atoms with Gasteiger partial charge in [-0.3, -0.25) is 9.36 Å². The Kier molecular flexibility index (Phi) is 3.21. The monoisotopic (exact) mass is 287 g/mol. The minimum Gasteiger partial charge on any atom is -0.311 e. The summed E-state index contributed by atoms with van der Waals surface area (Å²) >= 11 is 0. The molecule has 20 heavy (non-hydrogen) atoms. The fourth-order valence-corrected chi connectivity index (χ4v) is 2.11. The molecule has 0 saturated carbocycles. The van der Waals surface area contributed by atoms with Crippen LogP contribution in [0.3, 0.4) is 0 Å². The van der Waals surface area contributed by atoms with Crippen molar-refractivity contribution in [1.29, 1.82) is 0 Å². The number of nitrogens with two attached hydrogens (primary N) is 1. The minimum atomic E-state index is -4.69. The highest BCUT2D eigenvalue weighted by Gasteiger charge is 2.34. The quantitative estimate of drug-likeness (QED) is 0.856. The van der Waals surface area contributed by atoms with Crippen LogP contribution in [-0.4, -0.2) is 9.13 Å². The molecule has 2 aromatic rings. The summed E-state index contributed by atoms with van der Waals surface area (Å²) in [6, 6.07) is 3.25. The van der Waals surface area contributed by atoms with Crippen LogP contribution < -0.4 is 17.0 Å². The van der Waals surface area contributed by atoms with Crippen LogP contribution in [0.4, 0.5) is 13.2 Å². The number of nitrogens with zero attached hydrogens (tertiary/aromatic N) is 2. The van der Waals surface area contributed by atoms with E-state index in [1.54, 1.807) is 0 Å². The molecule has 0 fully saturated rings. The van der Waals surface area contributed by atoms with Crippen LogP contribution in [0.2, 0.25) is 0 Å². The summed E-state index contributed by atoms with van der Waals surface area (Å²) in [4.78, 5) is 24.2. The highest BCUT2D eigenvalue weighted by molar-refractivity contribution is 5.82. The van der Waals surface area contributed by atoms with Crippen LogP contribution in [0, 0.1) is 0 Å². The van der Waals surface area contributed by atoms with Crippen molar-refractivity contribution in [3.05, 3.63) is 44.6 Å². The molecule has 0 radical (unpaired) electrons. The van der Waals surface area contributed by atoms with Crippen molar-refractivity contribution in [3.63, 3.8) is 0 Å². The lowest BCUT2D eigenvalue weighted by atomic mass is 10.1. The zero-order valence-electron chi connectivity index (χ0n) is 10.7. The van der Waals surface area contributed by atoms with Crippen LogP contribution in [0.15, 0.2) is 27.8 Å². The Balaban J connectivity index is 3.12. The Hall–Kier alpha value is -2.09. The van der Waals surface area contributed by atoms with Crippen LogP contribution in [-0.2, 0) is 13.2 Å². The molecule has 0 aliphatic rings. The molecule has 1 heterocycles. The predicted molar refractivity (Wildman–Crippen MR) is 67.3 cm³/mol. The molecular formula is C12H12F3N3O2. The molecule has 0 aliphatic carbocycles. The number of fused-ring (bicyclic) bond motifs is 1. The number of alkyl halides is 3. The Morgan fingerprint density at radius 1 is 1.25 bits per heavy atom. The number of benzene rings is 1. The fraction of sp³-hybridized carbons (Fsp3) is 0.333. The first-order valence-electron chi connectivity index (χ1n) is 5.73. The van der Waals surface area contributed by atoms with E-state index in [-0.39, 0.29) is 5.52 Å². The van der Waals surface area contributed by atoms with Gasteiger partial charge in [0.2, 0.25) is 0 Å². The van der Waals surface area contributed by atoms with Gasteiger partial charge in [0.05, 0.1) is 22.6 Å². The van der Waals surface area contributed by atoms with Crippen molar-refractivity contribution in [2.24, 2.45) is 12.8 Å². The Labute approximate surface area is 111 Å². The van der Waals surface area contributed by atoms with Crippen LogP contribution in [0.25, 0.3) is 10.9 Å². The largest absolute Gasteiger partial charge is 0.417 e. The van der Waals surface area contributed by atoms with Gasteiger partial charge in [-0.25, -0.2) is 9.36 Å². The molecule has 1 unspecified atom stereocenters. The third-order valence-corrected chi connectivity index (χ3v) is 3.04. The summed E-state index contributed by atoms with van der Waals surface area (Å²) in [5.41, 5.74) is 2.56. The van der Waals surface area contributed by atoms with Gasteiger partial charge in [0.1, 0.15) is 0 Å². The van der Waals surface area contributed by atoms with Crippen molar-refractivity contribution in [2.45, 2.75) is 19.3 Å². The Bertz CT molecular complexity index is 787. The van der Waals surface area contributed by atoms with Crippen molar-refractivity contribution < 1.29 is 13.2 Å². The van der Waals surface area contributed by atoms with E-state index in [1.807, 2.05) is 0 Å². The zero-order valence-corrected chi connectivity index (χ0v) is 10.7. The lowest BCUT2D eigenvalue weighted by Gasteiger charge is -2.16. The van der Waals surface area contributed by atoms with Crippen LogP contribution >= 0.6 is 0 Å². The molecule has 0 saturated heterocycles. The van der Waals surface area contributed by atoms with E-state index < -0.39 is 34.5 Å². The van der Waals surface area contributed by atoms with E-state index >= 15 is 0 Å². The number of aryl methyl sites for hydroxylation is 1. The molecule has 2 rings (SSSR count). The van der Waals surface area contributed by atoms with E-state index in [0.717, 1.165) is 16.7 Å². The third kappa shape index (κ3) is 2.01. The lowest BCUT2D eigenvalue weighted by Crippen LogP contribution is -2.43. The number of rotatable bonds is 1. The molecule has 1 aromatic carbocycles. The van der Waals surface area contributed by atoms with Gasteiger partial charge in [0.15, 0.2) is 0 Å². The second-order valence-electron chi connectivity index (χ2n) is 4.45. The Morgan fingerprint density at radius 2 is 1.85 bits per heavy atom. The van der Waals surface area contributed by atoms with Crippen LogP contribution in [0.5, 0.6) is 0 Å². The topological polar surface area (TPSA) is 70.0 Å². The van der Waals surface area contributed by atoms with E-state index in [1.165, 1.54) is 20.0 Å². The van der Waals surface area contributed by atoms with Crippen LogP contribution in [0.1, 0.15) is 18.7 Å². The second kappa shape index (κ2) is 4.48. The number of hydrogen-bond donors (Lipinski definition) is 1. The number of aromatic nitrogens is 2. The summed E-state index contributed by atoms with van der Waals surface area (Å²) < 4.78 is 40.6. The predicted octanol–water partition coefficient (Wildman–Crippen LogP) is 1.20. The fourth-order valence-electron chi connectivity index (χ4n) is 2.11. The maximum atomic E-state index is 13.0. The van der Waals surface area contributed by atoms with Crippen molar-refractivity contribution in [2.75, 3.05) is 0 Å². The Morgan fingerprint density at radius 3 is 2.35 bits per heavy atom. The van der Waals surface area contributed by atoms with Crippen molar-refractivity contribution >= 4 is 10.9 Å². The summed E-state index contributed by atoms with van der Waals surface area (Å²) in [7, 11) is 1.29. The molecule has 0 spiro atoms. The van der Waals surface area contributed by atoms with Gasteiger partial charge < -0.3 is 5.73 Å². The SMILES string of the molecule is CC(N)n1c(=O)c2c(C(F)(F)F)cccc2n(C)c1=O. The first-order chi connectivity index (χ1) is 9.16. The van der Waals surface area contributed by atoms with Gasteiger partial charge in [0, 0.05) is 7.05 Å². The molecule has 0 amide bonds. The summed E-state index contributed by atoms with van der Waals surface area (Å²) in [6.07, 6.45) is -5.71. The first-order valence-corrected chi connectivity index (χ1v) is 5.73. The zero-order chi connectivity index (χ0) is 15.2. The average molecular weight is 287 g/mol. The standard InChI is InChI=1S/C12H12F3N3O2/c1-6(16)18-10(19)9-7(12(13,14)15)4-3-5-8(9)17(2)11(18)20/h3-6H,16H2,1-2H3. The van der Waals surface area contributed by atoms with E-state index in [9.17, 15) is 22.8 Å². The van der Waals surface area contributed by atoms with Gasteiger partial charge in [-0.2, -0.15) is 13.2 Å². The van der Waals surface area contributed by atoms with E-state index in [2.05, 4.69) is 0 Å². The molecule has 108 valence electrons. The normalized spacial score (nSPS) is 13.7. The summed E-state index contributed by atoms with van der Waals surface area (Å²) in [5, 5.41) is -0.556. The molecule has 1 aromatic heterocycles. The molecule has 5 nitrogen and oxygen atoms in total. The van der Waals surface area contributed by atoms with E-state index in [4.69, 9.17) is 5.73 Å². The highest BCUT2D eigenvalue weighted by Crippen LogP contribution is 2.32. The van der Waals surface area contributed by atoms with Gasteiger partial charge in [-0.1, -0.05) is 6.07 Å². The molecular weight excluding hydrogens is 275 g/mol. The average Bonchev–Trinajstić information content (AvgIpc) is 2.34. The third-order valence-electron chi connectivity index (χ3n) is 3.04. The van der Waals surface area contributed by atoms with E-state index in [0.29, 0.717) is 4.57 Å². The second-order valence-corrected chi connectivity index (χ2v) is 4.45. The molecule has 0 bridgehead atoms. The molecule has 8 heteroatoms. The van der Waals surface area contributed by atoms with Crippen molar-refractivity contribution in [3.8, 4) is 0 Å². The summed E-state index contributed by atoms with van der Waals surface area (Å²) in [5.74, 6) is 0. The minimum absolute atomic E-state index is 0.0771. The number of hydrogen-bond acceptors (Lipinski definition) is 3. The van der Waals surface area contributed by atoms with Gasteiger partial charge in [-0.05, 0) is 19.1 Å². The number of halogens is 3. The van der Waals surface area contributed by atoms with Gasteiger partial charge in [0.25, 0.3) is 5.56 Å². The first kappa shape index (κ1) is 14.3. The van der Waals surface area contributed by atoms with Crippen molar-refractivity contribution in [1.82, 2.24) is 9.13 Å². The maximum absolute atomic E-state index is 13.0. The highest BCUT2D eigenvalue weighted by atomic mass is 19.4. The molecule has 0 aliphatic heterocycles.